The van der Waals surface area contributed by atoms with Crippen molar-refractivity contribution in [2.75, 3.05) is 13.1 Å². The number of carbonyl (C=O) groups excluding carboxylic acids is 1. The van der Waals surface area contributed by atoms with E-state index in [-0.39, 0.29) is 6.54 Å². The van der Waals surface area contributed by atoms with Gasteiger partial charge in [0.05, 0.1) is 6.54 Å². The number of nitrogens with one attached hydrogen (secondary N) is 1. The molecule has 0 saturated carbocycles. The molecule has 0 aromatic carbocycles. The Hall–Kier alpha value is -1.36. The van der Waals surface area contributed by atoms with E-state index < -0.39 is 11.9 Å². The molecule has 0 rings (SSSR count). The number of primary amides is 1. The van der Waals surface area contributed by atoms with Gasteiger partial charge in [0.2, 0.25) is 5.91 Å². The molecular weight excluding hydrogens is 172 g/mol. The summed E-state index contributed by atoms with van der Waals surface area (Å²) in [5.74, 6) is -1.38. The summed E-state index contributed by atoms with van der Waals surface area (Å²) in [6.45, 7) is 2.17. The number of aliphatic carboxylic acids is 1. The number of carbonyl (C=O) groups is 2. The van der Waals surface area contributed by atoms with Crippen molar-refractivity contribution in [1.29, 1.82) is 0 Å². The number of hydrogen-bond donors (Lipinski definition) is 3. The lowest BCUT2D eigenvalue weighted by atomic mass is 10.2. The van der Waals surface area contributed by atoms with Crippen LogP contribution in [0.25, 0.3) is 0 Å². The number of hydrogen-bond acceptors (Lipinski definition) is 3. The number of amides is 1. The molecule has 0 spiro atoms. The maximum Gasteiger partial charge on any atom is 0.331 e. The first kappa shape index (κ1) is 11.6. The van der Waals surface area contributed by atoms with Crippen LogP contribution in [-0.2, 0) is 9.59 Å². The molecule has 4 N–H and O–H groups in total. The first-order valence-electron chi connectivity index (χ1n) is 3.99. The summed E-state index contributed by atoms with van der Waals surface area (Å²) in [6.07, 6.45) is 2.00. The second kappa shape index (κ2) is 6.19. The van der Waals surface area contributed by atoms with Gasteiger partial charge >= 0.3 is 5.97 Å². The SMILES string of the molecule is CCC(=CCNCC(N)=O)C(=O)O. The van der Waals surface area contributed by atoms with Gasteiger partial charge < -0.3 is 16.2 Å². The van der Waals surface area contributed by atoms with Crippen LogP contribution in [0.15, 0.2) is 11.6 Å². The van der Waals surface area contributed by atoms with Crippen molar-refractivity contribution in [2.24, 2.45) is 5.73 Å². The molecule has 0 atom stereocenters. The predicted octanol–water partition coefficient (Wildman–Crippen LogP) is -0.518. The largest absolute Gasteiger partial charge is 0.478 e. The lowest BCUT2D eigenvalue weighted by Crippen LogP contribution is -2.28. The van der Waals surface area contributed by atoms with Crippen molar-refractivity contribution in [3.8, 4) is 0 Å². The zero-order valence-corrected chi connectivity index (χ0v) is 7.54. The minimum Gasteiger partial charge on any atom is -0.478 e. The smallest absolute Gasteiger partial charge is 0.331 e. The molecular formula is C8H14N2O3. The Balaban J connectivity index is 3.80. The van der Waals surface area contributed by atoms with E-state index in [1.165, 1.54) is 6.08 Å². The highest BCUT2D eigenvalue weighted by atomic mass is 16.4. The second-order valence-corrected chi connectivity index (χ2v) is 2.49. The van der Waals surface area contributed by atoms with E-state index in [4.69, 9.17) is 10.8 Å². The van der Waals surface area contributed by atoms with Crippen LogP contribution in [-0.4, -0.2) is 30.1 Å². The molecule has 0 aliphatic rings. The molecule has 5 nitrogen and oxygen atoms in total. The third kappa shape index (κ3) is 5.86. The topological polar surface area (TPSA) is 92.4 Å². The van der Waals surface area contributed by atoms with E-state index in [1.54, 1.807) is 6.92 Å². The van der Waals surface area contributed by atoms with Gasteiger partial charge in [0, 0.05) is 12.1 Å². The molecule has 5 heteroatoms. The van der Waals surface area contributed by atoms with Gasteiger partial charge in [-0.3, -0.25) is 4.79 Å². The van der Waals surface area contributed by atoms with E-state index in [9.17, 15) is 9.59 Å². The van der Waals surface area contributed by atoms with Gasteiger partial charge in [-0.15, -0.1) is 0 Å². The Bertz CT molecular complexity index is 223. The highest BCUT2D eigenvalue weighted by Gasteiger charge is 2.02. The van der Waals surface area contributed by atoms with Crippen molar-refractivity contribution < 1.29 is 14.7 Å². The molecule has 13 heavy (non-hydrogen) atoms. The highest BCUT2D eigenvalue weighted by molar-refractivity contribution is 5.86. The normalized spacial score (nSPS) is 11.3. The van der Waals surface area contributed by atoms with Gasteiger partial charge in [0.1, 0.15) is 0 Å². The molecule has 0 saturated heterocycles. The fourth-order valence-electron chi connectivity index (χ4n) is 0.774. The quantitative estimate of drug-likeness (QED) is 0.384. The molecule has 74 valence electrons. The maximum atomic E-state index is 10.5. The molecule has 0 unspecified atom stereocenters. The van der Waals surface area contributed by atoms with Crippen LogP contribution in [0.4, 0.5) is 0 Å². The summed E-state index contributed by atoms with van der Waals surface area (Å²) < 4.78 is 0. The summed E-state index contributed by atoms with van der Waals surface area (Å²) >= 11 is 0. The summed E-state index contributed by atoms with van der Waals surface area (Å²) in [4.78, 5) is 20.7. The molecule has 0 aliphatic carbocycles. The van der Waals surface area contributed by atoms with Crippen LogP contribution in [0, 0.1) is 0 Å². The van der Waals surface area contributed by atoms with E-state index in [0.717, 1.165) is 0 Å². The Morgan fingerprint density at radius 2 is 2.15 bits per heavy atom. The molecule has 0 aliphatic heterocycles. The summed E-state index contributed by atoms with van der Waals surface area (Å²) in [5, 5.41) is 11.3. The number of rotatable bonds is 6. The summed E-state index contributed by atoms with van der Waals surface area (Å²) in [6, 6.07) is 0. The van der Waals surface area contributed by atoms with Crippen LogP contribution in [0.3, 0.4) is 0 Å². The number of nitrogens with two attached hydrogens (primary N) is 1. The number of carboxylic acids is 1. The molecule has 1 amide bonds. The first-order valence-corrected chi connectivity index (χ1v) is 3.99. The molecule has 0 aromatic rings. The molecule has 0 bridgehead atoms. The van der Waals surface area contributed by atoms with Gasteiger partial charge in [-0.2, -0.15) is 0 Å². The minimum atomic E-state index is -0.927. The van der Waals surface area contributed by atoms with Gasteiger partial charge in [-0.25, -0.2) is 4.79 Å². The van der Waals surface area contributed by atoms with Crippen LogP contribution >= 0.6 is 0 Å². The van der Waals surface area contributed by atoms with Crippen molar-refractivity contribution in [3.05, 3.63) is 11.6 Å². The number of carboxylic acid groups (broad SMARTS) is 1. The Morgan fingerprint density at radius 3 is 2.54 bits per heavy atom. The molecule has 0 heterocycles. The van der Waals surface area contributed by atoms with Crippen LogP contribution in [0.1, 0.15) is 13.3 Å². The van der Waals surface area contributed by atoms with Gasteiger partial charge in [-0.1, -0.05) is 13.0 Å². The van der Waals surface area contributed by atoms with Crippen LogP contribution in [0.5, 0.6) is 0 Å². The van der Waals surface area contributed by atoms with Gasteiger partial charge in [-0.05, 0) is 6.42 Å². The first-order chi connectivity index (χ1) is 6.07. The molecule has 0 radical (unpaired) electrons. The summed E-state index contributed by atoms with van der Waals surface area (Å²) in [7, 11) is 0. The lowest BCUT2D eigenvalue weighted by molar-refractivity contribution is -0.132. The Morgan fingerprint density at radius 1 is 1.54 bits per heavy atom. The van der Waals surface area contributed by atoms with Crippen LogP contribution in [0.2, 0.25) is 0 Å². The fourth-order valence-corrected chi connectivity index (χ4v) is 0.774. The monoisotopic (exact) mass is 186 g/mol. The third-order valence-corrected chi connectivity index (χ3v) is 1.45. The zero-order valence-electron chi connectivity index (χ0n) is 7.54. The van der Waals surface area contributed by atoms with E-state index >= 15 is 0 Å². The maximum absolute atomic E-state index is 10.5. The molecule has 0 fully saturated rings. The average molecular weight is 186 g/mol. The van der Waals surface area contributed by atoms with Crippen molar-refractivity contribution in [3.63, 3.8) is 0 Å². The van der Waals surface area contributed by atoms with E-state index in [2.05, 4.69) is 5.32 Å². The third-order valence-electron chi connectivity index (χ3n) is 1.45. The van der Waals surface area contributed by atoms with Crippen molar-refractivity contribution in [1.82, 2.24) is 5.32 Å². The fraction of sp³-hybridized carbons (Fsp3) is 0.500. The zero-order chi connectivity index (χ0) is 10.3. The van der Waals surface area contributed by atoms with Crippen LogP contribution < -0.4 is 11.1 Å². The summed E-state index contributed by atoms with van der Waals surface area (Å²) in [5.41, 5.74) is 5.19. The Labute approximate surface area is 76.6 Å². The van der Waals surface area contributed by atoms with E-state index in [1.807, 2.05) is 0 Å². The predicted molar refractivity (Wildman–Crippen MR) is 48.1 cm³/mol. The lowest BCUT2D eigenvalue weighted by Gasteiger charge is -1.99. The Kier molecular flexibility index (Phi) is 5.54. The molecule has 0 aromatic heterocycles. The average Bonchev–Trinajstić information content (AvgIpc) is 2.03. The van der Waals surface area contributed by atoms with Gasteiger partial charge in [0.25, 0.3) is 0 Å². The van der Waals surface area contributed by atoms with Crippen molar-refractivity contribution >= 4 is 11.9 Å². The standard InChI is InChI=1S/C8H14N2O3/c1-2-6(8(12)13)3-4-10-5-7(9)11/h3,10H,2,4-5H2,1H3,(H2,9,11)(H,12,13). The van der Waals surface area contributed by atoms with E-state index in [0.29, 0.717) is 18.5 Å². The van der Waals surface area contributed by atoms with Crippen molar-refractivity contribution in [2.45, 2.75) is 13.3 Å². The second-order valence-electron chi connectivity index (χ2n) is 2.49. The highest BCUT2D eigenvalue weighted by Crippen LogP contribution is 1.98. The van der Waals surface area contributed by atoms with Gasteiger partial charge in [0.15, 0.2) is 0 Å². The minimum absolute atomic E-state index is 0.0626.